The van der Waals surface area contributed by atoms with E-state index in [9.17, 15) is 9.59 Å². The molecule has 6 rings (SSSR count). The van der Waals surface area contributed by atoms with Gasteiger partial charge in [0.25, 0.3) is 5.91 Å². The van der Waals surface area contributed by atoms with Crippen LogP contribution in [0.4, 0.5) is 0 Å². The van der Waals surface area contributed by atoms with E-state index in [4.69, 9.17) is 11.6 Å². The van der Waals surface area contributed by atoms with Crippen LogP contribution in [0, 0.1) is 0 Å². The molecule has 7 nitrogen and oxygen atoms in total. The van der Waals surface area contributed by atoms with E-state index in [0.717, 1.165) is 55.7 Å². The molecule has 2 saturated carbocycles. The summed E-state index contributed by atoms with van der Waals surface area (Å²) in [5.74, 6) is -0.231. The molecule has 3 aromatic rings. The molecule has 1 aliphatic heterocycles. The number of hydrogen-bond donors (Lipinski definition) is 3. The Labute approximate surface area is 200 Å². The maximum absolute atomic E-state index is 13.0. The van der Waals surface area contributed by atoms with Crippen molar-refractivity contribution in [3.05, 3.63) is 50.6 Å². The Bertz CT molecular complexity index is 1230. The van der Waals surface area contributed by atoms with Gasteiger partial charge < -0.3 is 15.6 Å². The van der Waals surface area contributed by atoms with Crippen molar-refractivity contribution in [1.29, 1.82) is 0 Å². The molecule has 2 aromatic heterocycles. The normalized spacial score (nSPS) is 22.9. The SMILES string of the molecule is O=C(N[C@@H]1CCC[C@H]1NC(=O)c1[nH+]c2c(s1)CN(C1CC1)CC2)c1cc2cc(Cl)ccc2[nH]1. The summed E-state index contributed by atoms with van der Waals surface area (Å²) in [6, 6.07) is 7.90. The highest BCUT2D eigenvalue weighted by molar-refractivity contribution is 7.13. The number of aromatic nitrogens is 2. The fourth-order valence-electron chi connectivity index (χ4n) is 5.13. The fourth-order valence-corrected chi connectivity index (χ4v) is 6.39. The molecule has 3 aliphatic rings. The van der Waals surface area contributed by atoms with Gasteiger partial charge in [-0.2, -0.15) is 4.98 Å². The molecule has 9 heteroatoms. The zero-order valence-corrected chi connectivity index (χ0v) is 19.8. The molecule has 0 spiro atoms. The number of carbonyl (C=O) groups excluding carboxylic acids is 2. The molecule has 3 heterocycles. The smallest absolute Gasteiger partial charge is 0.327 e. The molecule has 2 atom stereocenters. The molecule has 2 amide bonds. The third-order valence-electron chi connectivity index (χ3n) is 7.07. The van der Waals surface area contributed by atoms with Gasteiger partial charge in [-0.05, 0) is 56.4 Å². The van der Waals surface area contributed by atoms with E-state index in [1.165, 1.54) is 23.4 Å². The van der Waals surface area contributed by atoms with E-state index in [1.807, 2.05) is 18.2 Å². The Morgan fingerprint density at radius 2 is 1.88 bits per heavy atom. The third kappa shape index (κ3) is 4.27. The summed E-state index contributed by atoms with van der Waals surface area (Å²) in [5.41, 5.74) is 2.58. The topological polar surface area (TPSA) is 91.4 Å². The van der Waals surface area contributed by atoms with Gasteiger partial charge in [0.05, 0.1) is 4.88 Å². The van der Waals surface area contributed by atoms with Crippen molar-refractivity contribution in [2.75, 3.05) is 6.54 Å². The van der Waals surface area contributed by atoms with Gasteiger partial charge in [0, 0.05) is 53.6 Å². The van der Waals surface area contributed by atoms with E-state index >= 15 is 0 Å². The molecule has 0 unspecified atom stereocenters. The first-order chi connectivity index (χ1) is 16.0. The van der Waals surface area contributed by atoms with Crippen molar-refractivity contribution in [2.45, 2.75) is 63.2 Å². The summed E-state index contributed by atoms with van der Waals surface area (Å²) < 4.78 is 0. The molecule has 0 saturated heterocycles. The number of halogens is 1. The summed E-state index contributed by atoms with van der Waals surface area (Å²) in [5, 5.41) is 8.51. The van der Waals surface area contributed by atoms with Crippen LogP contribution in [0.5, 0.6) is 0 Å². The maximum Gasteiger partial charge on any atom is 0.327 e. The van der Waals surface area contributed by atoms with Gasteiger partial charge in [-0.3, -0.25) is 14.5 Å². The lowest BCUT2D eigenvalue weighted by molar-refractivity contribution is -0.388. The zero-order chi connectivity index (χ0) is 22.5. The van der Waals surface area contributed by atoms with Gasteiger partial charge in [-0.25, -0.2) is 0 Å². The molecule has 33 heavy (non-hydrogen) atoms. The minimum atomic E-state index is -0.160. The average Bonchev–Trinajstić information content (AvgIpc) is 3.21. The fraction of sp³-hybridized carbons (Fsp3) is 0.458. The molecule has 2 aliphatic carbocycles. The van der Waals surface area contributed by atoms with Crippen LogP contribution >= 0.6 is 22.9 Å². The first kappa shape index (κ1) is 21.1. The van der Waals surface area contributed by atoms with E-state index in [1.54, 1.807) is 17.4 Å². The number of amides is 2. The van der Waals surface area contributed by atoms with Crippen molar-refractivity contribution in [1.82, 2.24) is 20.5 Å². The highest BCUT2D eigenvalue weighted by Crippen LogP contribution is 2.32. The number of thiazole rings is 1. The van der Waals surface area contributed by atoms with Gasteiger partial charge in [0.15, 0.2) is 5.69 Å². The summed E-state index contributed by atoms with van der Waals surface area (Å²) in [4.78, 5) is 36.2. The number of aromatic amines is 2. The van der Waals surface area contributed by atoms with E-state index in [2.05, 4.69) is 25.5 Å². The maximum atomic E-state index is 13.0. The van der Waals surface area contributed by atoms with Crippen LogP contribution in [0.3, 0.4) is 0 Å². The molecule has 4 N–H and O–H groups in total. The number of H-pyrrole nitrogens is 2. The summed E-state index contributed by atoms with van der Waals surface area (Å²) in [6.07, 6.45) is 6.27. The Morgan fingerprint density at radius 3 is 2.67 bits per heavy atom. The minimum Gasteiger partial charge on any atom is -0.351 e. The summed E-state index contributed by atoms with van der Waals surface area (Å²) in [6.45, 7) is 2.02. The van der Waals surface area contributed by atoms with Crippen molar-refractivity contribution >= 4 is 45.7 Å². The van der Waals surface area contributed by atoms with Gasteiger partial charge >= 0.3 is 10.9 Å². The van der Waals surface area contributed by atoms with Crippen LogP contribution < -0.4 is 15.6 Å². The number of hydrogen-bond acceptors (Lipinski definition) is 4. The molecular formula is C24H27ClN5O2S+. The van der Waals surface area contributed by atoms with Gasteiger partial charge in [0.2, 0.25) is 0 Å². The molecule has 1 aromatic carbocycles. The lowest BCUT2D eigenvalue weighted by Gasteiger charge is -2.23. The predicted octanol–water partition coefficient (Wildman–Crippen LogP) is 3.30. The number of fused-ring (bicyclic) bond motifs is 2. The highest BCUT2D eigenvalue weighted by atomic mass is 35.5. The number of carbonyl (C=O) groups is 2. The molecular weight excluding hydrogens is 458 g/mol. The van der Waals surface area contributed by atoms with Gasteiger partial charge in [-0.15, -0.1) is 0 Å². The number of nitrogens with one attached hydrogen (secondary N) is 4. The monoisotopic (exact) mass is 484 g/mol. The molecule has 0 radical (unpaired) electrons. The van der Waals surface area contributed by atoms with Crippen LogP contribution in [0.15, 0.2) is 24.3 Å². The summed E-state index contributed by atoms with van der Waals surface area (Å²) >= 11 is 7.64. The van der Waals surface area contributed by atoms with Crippen molar-refractivity contribution in [3.8, 4) is 0 Å². The quantitative estimate of drug-likeness (QED) is 0.519. The number of rotatable bonds is 5. The second-order valence-electron chi connectivity index (χ2n) is 9.41. The van der Waals surface area contributed by atoms with E-state index in [-0.39, 0.29) is 23.9 Å². The molecule has 172 valence electrons. The predicted molar refractivity (Wildman–Crippen MR) is 128 cm³/mol. The van der Waals surface area contributed by atoms with Crippen molar-refractivity contribution in [2.24, 2.45) is 0 Å². The highest BCUT2D eigenvalue weighted by Gasteiger charge is 2.37. The van der Waals surface area contributed by atoms with Crippen LogP contribution in [0.25, 0.3) is 10.9 Å². The van der Waals surface area contributed by atoms with Crippen molar-refractivity contribution in [3.63, 3.8) is 0 Å². The van der Waals surface area contributed by atoms with Crippen LogP contribution in [-0.2, 0) is 13.0 Å². The zero-order valence-electron chi connectivity index (χ0n) is 18.2. The van der Waals surface area contributed by atoms with E-state index in [0.29, 0.717) is 15.7 Å². The lowest BCUT2D eigenvalue weighted by Crippen LogP contribution is -2.49. The van der Waals surface area contributed by atoms with Gasteiger partial charge in [0.1, 0.15) is 5.69 Å². The van der Waals surface area contributed by atoms with Crippen LogP contribution in [0.1, 0.15) is 63.0 Å². The first-order valence-corrected chi connectivity index (χ1v) is 12.9. The van der Waals surface area contributed by atoms with Gasteiger partial charge in [-0.1, -0.05) is 22.9 Å². The Morgan fingerprint density at radius 1 is 1.09 bits per heavy atom. The molecule has 2 fully saturated rings. The van der Waals surface area contributed by atoms with Crippen LogP contribution in [-0.4, -0.2) is 46.4 Å². The lowest BCUT2D eigenvalue weighted by atomic mass is 10.1. The second kappa shape index (κ2) is 8.42. The number of nitrogens with zero attached hydrogens (tertiary/aromatic N) is 1. The number of benzene rings is 1. The largest absolute Gasteiger partial charge is 0.351 e. The van der Waals surface area contributed by atoms with E-state index < -0.39 is 0 Å². The van der Waals surface area contributed by atoms with Crippen LogP contribution in [0.2, 0.25) is 5.02 Å². The van der Waals surface area contributed by atoms with Crippen molar-refractivity contribution < 1.29 is 14.6 Å². The Hall–Kier alpha value is -2.42. The standard InChI is InChI=1S/C24H26ClN5O2S/c25-14-4-7-16-13(10-14)11-20(26-16)22(31)27-17-2-1-3-18(17)28-23(32)24-29-19-8-9-30(15-5-6-15)12-21(19)33-24/h4,7,10-11,15,17-18,26H,1-3,5-6,8-9,12H2,(H,27,31)(H,28,32)/p+1/t17-,18-/m1/s1. The first-order valence-electron chi connectivity index (χ1n) is 11.7. The minimum absolute atomic E-state index is 0.0706. The molecule has 0 bridgehead atoms. The Balaban J connectivity index is 1.11. The second-order valence-corrected chi connectivity index (χ2v) is 11.0. The Kier molecular flexibility index (Phi) is 5.39. The third-order valence-corrected chi connectivity index (χ3v) is 8.42. The average molecular weight is 485 g/mol. The summed E-state index contributed by atoms with van der Waals surface area (Å²) in [7, 11) is 0.